The average Bonchev–Trinajstić information content (AvgIpc) is 3.00. The van der Waals surface area contributed by atoms with Crippen LogP contribution in [0, 0.1) is 20.2 Å². The second kappa shape index (κ2) is 8.31. The molecular weight excluding hydrogens is 422 g/mol. The molecule has 0 saturated heterocycles. The fourth-order valence-corrected chi connectivity index (χ4v) is 4.23. The molecule has 0 N–H and O–H groups in total. The predicted molar refractivity (Wildman–Crippen MR) is 123 cm³/mol. The zero-order valence-corrected chi connectivity index (χ0v) is 18.1. The summed E-state index contributed by atoms with van der Waals surface area (Å²) in [5.41, 5.74) is 2.26. The van der Waals surface area contributed by atoms with E-state index < -0.39 is 32.4 Å². The number of hydrogen-bond donors (Lipinski definition) is 0. The molecule has 0 radical (unpaired) electrons. The van der Waals surface area contributed by atoms with E-state index in [4.69, 9.17) is 0 Å². The van der Waals surface area contributed by atoms with Gasteiger partial charge in [0, 0.05) is 35.0 Å². The van der Waals surface area contributed by atoms with E-state index >= 15 is 0 Å². The summed E-state index contributed by atoms with van der Waals surface area (Å²) in [6.45, 7) is 4.70. The summed E-state index contributed by atoms with van der Waals surface area (Å²) < 4.78 is 0. The van der Waals surface area contributed by atoms with Crippen molar-refractivity contribution in [3.63, 3.8) is 0 Å². The van der Waals surface area contributed by atoms with Crippen LogP contribution in [0.15, 0.2) is 102 Å². The molecule has 33 heavy (non-hydrogen) atoms. The molecule has 1 heterocycles. The molecular formula is C25H21N3O5. The highest BCUT2D eigenvalue weighted by Crippen LogP contribution is 2.48. The second-order valence-corrected chi connectivity index (χ2v) is 8.33. The number of nitro groups is 2. The van der Waals surface area contributed by atoms with Crippen LogP contribution in [-0.2, 0) is 16.8 Å². The molecule has 0 atom stereocenters. The van der Waals surface area contributed by atoms with Gasteiger partial charge in [-0.1, -0.05) is 62.4 Å². The normalized spacial score (nSPS) is 19.3. The Bertz CT molecular complexity index is 1290. The van der Waals surface area contributed by atoms with E-state index in [1.165, 1.54) is 6.08 Å². The van der Waals surface area contributed by atoms with Gasteiger partial charge in [0.1, 0.15) is 0 Å². The van der Waals surface area contributed by atoms with Crippen LogP contribution in [0.1, 0.15) is 25.0 Å². The average molecular weight is 443 g/mol. The second-order valence-electron chi connectivity index (χ2n) is 8.33. The van der Waals surface area contributed by atoms with Crippen LogP contribution in [-0.4, -0.2) is 15.6 Å². The van der Waals surface area contributed by atoms with Gasteiger partial charge in [0.2, 0.25) is 0 Å². The van der Waals surface area contributed by atoms with Crippen LogP contribution >= 0.6 is 0 Å². The number of ketones is 1. The third kappa shape index (κ3) is 3.98. The van der Waals surface area contributed by atoms with Gasteiger partial charge in [-0.3, -0.25) is 25.0 Å². The number of hydrogen-bond acceptors (Lipinski definition) is 6. The number of benzene rings is 2. The van der Waals surface area contributed by atoms with Gasteiger partial charge < -0.3 is 4.90 Å². The van der Waals surface area contributed by atoms with Crippen molar-refractivity contribution in [2.45, 2.75) is 25.8 Å². The predicted octanol–water partition coefficient (Wildman–Crippen LogP) is 4.70. The number of fused-ring (bicyclic) bond motifs is 1. The molecule has 2 aromatic rings. The Kier molecular flexibility index (Phi) is 5.51. The lowest BCUT2D eigenvalue weighted by Crippen LogP contribution is -2.26. The first kappa shape index (κ1) is 21.9. The Morgan fingerprint density at radius 1 is 0.909 bits per heavy atom. The summed E-state index contributed by atoms with van der Waals surface area (Å²) in [7, 11) is 0. The van der Waals surface area contributed by atoms with Crippen molar-refractivity contribution < 1.29 is 14.6 Å². The maximum absolute atomic E-state index is 12.6. The molecule has 0 fully saturated rings. The lowest BCUT2D eigenvalue weighted by atomic mass is 9.83. The largest absolute Gasteiger partial charge is 0.340 e. The first-order valence-corrected chi connectivity index (χ1v) is 10.3. The fraction of sp³-hybridized carbons (Fsp3) is 0.160. The molecule has 0 aromatic heterocycles. The maximum atomic E-state index is 12.6. The van der Waals surface area contributed by atoms with Gasteiger partial charge >= 0.3 is 5.70 Å². The standard InChI is InChI=1S/C25H21N3O5/c1-25(2)20-10-6-7-11-21(20)26(16-17-8-4-3-5-9-17)23(25)13-12-18-14-19(27(30)31)15-22(24(18)29)28(32)33/h3-15H,16H2,1-2H3. The number of rotatable bonds is 5. The van der Waals surface area contributed by atoms with Crippen molar-refractivity contribution in [3.05, 3.63) is 133 Å². The Hall–Kier alpha value is -4.33. The monoisotopic (exact) mass is 443 g/mol. The lowest BCUT2D eigenvalue weighted by molar-refractivity contribution is -0.431. The maximum Gasteiger partial charge on any atom is 0.323 e. The van der Waals surface area contributed by atoms with Crippen molar-refractivity contribution in [3.8, 4) is 0 Å². The van der Waals surface area contributed by atoms with Gasteiger partial charge in [0.05, 0.1) is 15.9 Å². The third-order valence-corrected chi connectivity index (χ3v) is 5.89. The molecule has 0 spiro atoms. The van der Waals surface area contributed by atoms with Gasteiger partial charge in [-0.15, -0.1) is 0 Å². The van der Waals surface area contributed by atoms with Crippen molar-refractivity contribution >= 4 is 11.5 Å². The number of nitrogens with zero attached hydrogens (tertiary/aromatic N) is 3. The molecule has 2 aromatic carbocycles. The van der Waals surface area contributed by atoms with Gasteiger partial charge in [-0.2, -0.15) is 0 Å². The quantitative estimate of drug-likeness (QED) is 0.377. The molecule has 0 bridgehead atoms. The minimum absolute atomic E-state index is 0.102. The van der Waals surface area contributed by atoms with Gasteiger partial charge in [-0.25, -0.2) is 0 Å². The van der Waals surface area contributed by atoms with Crippen LogP contribution in [0.5, 0.6) is 0 Å². The number of allylic oxidation sites excluding steroid dienone is 6. The first-order valence-electron chi connectivity index (χ1n) is 10.3. The summed E-state index contributed by atoms with van der Waals surface area (Å²) >= 11 is 0. The summed E-state index contributed by atoms with van der Waals surface area (Å²) in [4.78, 5) is 35.6. The summed E-state index contributed by atoms with van der Waals surface area (Å²) in [5.74, 6) is -0.856. The van der Waals surface area contributed by atoms with Gasteiger partial charge in [0.25, 0.3) is 11.5 Å². The van der Waals surface area contributed by atoms with Crippen molar-refractivity contribution in [2.24, 2.45) is 0 Å². The van der Waals surface area contributed by atoms with Crippen molar-refractivity contribution in [2.75, 3.05) is 4.90 Å². The summed E-state index contributed by atoms with van der Waals surface area (Å²) in [5, 5.41) is 22.5. The van der Waals surface area contributed by atoms with E-state index in [2.05, 4.69) is 18.7 Å². The minimum Gasteiger partial charge on any atom is -0.340 e. The molecule has 8 nitrogen and oxygen atoms in total. The van der Waals surface area contributed by atoms with Crippen molar-refractivity contribution in [1.29, 1.82) is 0 Å². The molecule has 4 rings (SSSR count). The number of carbonyl (C=O) groups is 1. The van der Waals surface area contributed by atoms with E-state index in [1.807, 2.05) is 54.6 Å². The third-order valence-electron chi connectivity index (χ3n) is 5.89. The molecule has 1 aliphatic heterocycles. The smallest absolute Gasteiger partial charge is 0.323 e. The van der Waals surface area contributed by atoms with Crippen LogP contribution in [0.3, 0.4) is 0 Å². The van der Waals surface area contributed by atoms with Crippen LogP contribution in [0.4, 0.5) is 5.69 Å². The fourth-order valence-electron chi connectivity index (χ4n) is 4.23. The van der Waals surface area contributed by atoms with E-state index in [9.17, 15) is 25.0 Å². The Labute approximate surface area is 190 Å². The van der Waals surface area contributed by atoms with E-state index in [1.54, 1.807) is 6.08 Å². The van der Waals surface area contributed by atoms with E-state index in [0.29, 0.717) is 12.6 Å². The highest BCUT2D eigenvalue weighted by Gasteiger charge is 2.40. The molecule has 1 aliphatic carbocycles. The summed E-state index contributed by atoms with van der Waals surface area (Å²) in [6.07, 6.45) is 4.93. The van der Waals surface area contributed by atoms with Crippen molar-refractivity contribution in [1.82, 2.24) is 0 Å². The number of Topliss-reactive ketones (excluding diaryl/α,β-unsaturated/α-hetero) is 1. The molecule has 0 unspecified atom stereocenters. The Morgan fingerprint density at radius 2 is 1.58 bits per heavy atom. The number of carbonyl (C=O) groups excluding carboxylic acids is 1. The highest BCUT2D eigenvalue weighted by molar-refractivity contribution is 6.10. The van der Waals surface area contributed by atoms with E-state index in [-0.39, 0.29) is 5.57 Å². The van der Waals surface area contributed by atoms with Gasteiger partial charge in [-0.05, 0) is 29.3 Å². The van der Waals surface area contributed by atoms with Crippen LogP contribution in [0.2, 0.25) is 0 Å². The zero-order chi connectivity index (χ0) is 23.8. The lowest BCUT2D eigenvalue weighted by Gasteiger charge is -2.27. The molecule has 8 heteroatoms. The molecule has 0 saturated carbocycles. The highest BCUT2D eigenvalue weighted by atomic mass is 16.6. The molecule has 2 aliphatic rings. The number of anilines is 1. The molecule has 0 amide bonds. The summed E-state index contributed by atoms with van der Waals surface area (Å²) in [6, 6.07) is 17.9. The van der Waals surface area contributed by atoms with E-state index in [0.717, 1.165) is 28.6 Å². The Morgan fingerprint density at radius 3 is 2.24 bits per heavy atom. The zero-order valence-electron chi connectivity index (χ0n) is 18.1. The molecule has 166 valence electrons. The van der Waals surface area contributed by atoms with Crippen LogP contribution in [0.25, 0.3) is 0 Å². The Balaban J connectivity index is 1.81. The number of para-hydroxylation sites is 1. The topological polar surface area (TPSA) is 107 Å². The van der Waals surface area contributed by atoms with Gasteiger partial charge in [0.15, 0.2) is 0 Å². The minimum atomic E-state index is -0.892. The first-order chi connectivity index (χ1) is 15.7. The van der Waals surface area contributed by atoms with Crippen LogP contribution < -0.4 is 4.90 Å². The SMILES string of the molecule is CC1(C)C(=CC=C2C=C([N+](=O)[O-])C=C([N+](=O)[O-])C2=O)N(Cc2ccccc2)c2ccccc21.